The van der Waals surface area contributed by atoms with E-state index in [1.165, 1.54) is 0 Å². The molecule has 0 radical (unpaired) electrons. The summed E-state index contributed by atoms with van der Waals surface area (Å²) in [5.74, 6) is 0. The van der Waals surface area contributed by atoms with Crippen molar-refractivity contribution in [3.63, 3.8) is 0 Å². The normalized spacial score (nSPS) is 7.20. The summed E-state index contributed by atoms with van der Waals surface area (Å²) < 4.78 is 2.38. The van der Waals surface area contributed by atoms with Crippen molar-refractivity contribution in [2.45, 2.75) is 0 Å². The van der Waals surface area contributed by atoms with Gasteiger partial charge in [0.05, 0.1) is 0 Å². The number of urea groups is 1. The zero-order valence-electron chi connectivity index (χ0n) is 2.99. The van der Waals surface area contributed by atoms with Crippen LogP contribution in [0.5, 0.6) is 0 Å². The number of nitrogens with one attached hydrogen (secondary N) is 1. The molecule has 0 rings (SSSR count). The fourth-order valence-corrected chi connectivity index (χ4v) is 0. The summed E-state index contributed by atoms with van der Waals surface area (Å²) in [4.78, 5) is 9.53. The van der Waals surface area contributed by atoms with Gasteiger partial charge >= 0.3 is 42.9 Å². The van der Waals surface area contributed by atoms with Crippen LogP contribution < -0.4 is 9.27 Å². The van der Waals surface area contributed by atoms with Gasteiger partial charge in [-0.2, -0.15) is 0 Å². The second kappa shape index (κ2) is 2.31. The number of hydrogen-bond donors (Lipinski definition) is 2. The number of hydrogen-bond acceptors (Lipinski definition) is 1. The summed E-state index contributed by atoms with van der Waals surface area (Å²) in [7, 11) is 0. The molecule has 30 valence electrons. The Bertz CT molecular complexity index is 44.9. The topological polar surface area (TPSA) is 55.1 Å². The van der Waals surface area contributed by atoms with E-state index in [0.717, 1.165) is 0 Å². The molecule has 0 saturated carbocycles. The van der Waals surface area contributed by atoms with Crippen molar-refractivity contribution in [2.75, 3.05) is 0 Å². The Hall–Kier alpha value is 0.0687. The van der Waals surface area contributed by atoms with Crippen LogP contribution in [0.25, 0.3) is 0 Å². The van der Waals surface area contributed by atoms with E-state index in [1.54, 1.807) is 0 Å². The van der Waals surface area contributed by atoms with Crippen molar-refractivity contribution in [3.05, 3.63) is 0 Å². The van der Waals surface area contributed by atoms with Gasteiger partial charge in [0.15, 0.2) is 0 Å². The fraction of sp³-hybridized carbons (Fsp3) is 0. The third-order valence-electron chi connectivity index (χ3n) is 0.246. The van der Waals surface area contributed by atoms with E-state index in [4.69, 9.17) is 0 Å². The number of amides is 2. The quantitative estimate of drug-likeness (QED) is 0.414. The molecule has 0 unspecified atom stereocenters. The molecule has 0 atom stereocenters. The SMILES string of the molecule is NC(=O)[NH][SnH3]. The van der Waals surface area contributed by atoms with Crippen LogP contribution >= 0.6 is 0 Å². The summed E-state index contributed by atoms with van der Waals surface area (Å²) in [5.41, 5.74) is 4.59. The van der Waals surface area contributed by atoms with E-state index in [9.17, 15) is 4.79 Å². The number of carbonyl (C=O) groups excluding carboxylic acids is 1. The summed E-state index contributed by atoms with van der Waals surface area (Å²) in [6.45, 7) is 0. The predicted octanol–water partition coefficient (Wildman–Crippen LogP) is -2.06. The van der Waals surface area contributed by atoms with Gasteiger partial charge in [0, 0.05) is 0 Å². The van der Waals surface area contributed by atoms with Crippen LogP contribution in [-0.4, -0.2) is 28.8 Å². The number of carbonyl (C=O) groups is 1. The van der Waals surface area contributed by atoms with Crippen molar-refractivity contribution in [1.82, 2.24) is 3.54 Å². The predicted molar refractivity (Wildman–Crippen MR) is 22.7 cm³/mol. The number of rotatable bonds is 0. The molecule has 0 spiro atoms. The molecule has 3 N–H and O–H groups in total. The molecule has 0 heterocycles. The summed E-state index contributed by atoms with van der Waals surface area (Å²) >= 11 is 0.226. The Morgan fingerprint density at radius 2 is 2.20 bits per heavy atom. The standard InChI is InChI=1S/CH4N2O.Sn.3H/c2-1(3)4;;;;/h(H4,2,3,4);;;;/q;+1;;;/p-1. The Morgan fingerprint density at radius 1 is 2.00 bits per heavy atom. The molecule has 4 heteroatoms. The molecule has 0 saturated heterocycles. The molecule has 3 nitrogen and oxygen atoms in total. The van der Waals surface area contributed by atoms with E-state index < -0.39 is 6.03 Å². The average molecular weight is 181 g/mol. The summed E-state index contributed by atoms with van der Waals surface area (Å²) in [5, 5.41) is 0. The van der Waals surface area contributed by atoms with Crippen molar-refractivity contribution >= 4 is 28.8 Å². The number of nitrogens with two attached hydrogens (primary N) is 1. The van der Waals surface area contributed by atoms with Crippen LogP contribution in [0.3, 0.4) is 0 Å². The Kier molecular flexibility index (Phi) is 2.35. The Labute approximate surface area is 43.4 Å². The van der Waals surface area contributed by atoms with Gasteiger partial charge in [0.1, 0.15) is 0 Å². The molecule has 0 aliphatic carbocycles. The first-order chi connectivity index (χ1) is 2.27. The molecule has 0 fully saturated rings. The molecule has 0 bridgehead atoms. The Balaban J connectivity index is 2.85. The van der Waals surface area contributed by atoms with Gasteiger partial charge in [-0.25, -0.2) is 0 Å². The van der Waals surface area contributed by atoms with Crippen molar-refractivity contribution in [2.24, 2.45) is 5.73 Å². The second-order valence-electron chi connectivity index (χ2n) is 0.614. The van der Waals surface area contributed by atoms with Gasteiger partial charge < -0.3 is 0 Å². The van der Waals surface area contributed by atoms with E-state index >= 15 is 0 Å². The van der Waals surface area contributed by atoms with Crippen LogP contribution in [0.1, 0.15) is 0 Å². The minimum absolute atomic E-state index is 0.226. The molecular weight excluding hydrogens is 175 g/mol. The van der Waals surface area contributed by atoms with Gasteiger partial charge in [-0.3, -0.25) is 0 Å². The molecule has 5 heavy (non-hydrogen) atoms. The van der Waals surface area contributed by atoms with E-state index in [1.807, 2.05) is 0 Å². The van der Waals surface area contributed by atoms with Crippen LogP contribution in [-0.2, 0) is 0 Å². The van der Waals surface area contributed by atoms with Crippen LogP contribution in [0.15, 0.2) is 0 Å². The third kappa shape index (κ3) is 4.07. The molecule has 0 aromatic rings. The van der Waals surface area contributed by atoms with Gasteiger partial charge in [-0.15, -0.1) is 0 Å². The van der Waals surface area contributed by atoms with Gasteiger partial charge in [0.2, 0.25) is 0 Å². The van der Waals surface area contributed by atoms with E-state index in [0.29, 0.717) is 0 Å². The maximum absolute atomic E-state index is 9.53. The van der Waals surface area contributed by atoms with Gasteiger partial charge in [0.25, 0.3) is 0 Å². The van der Waals surface area contributed by atoms with Gasteiger partial charge in [-0.1, -0.05) is 0 Å². The molecular formula is CH6N2OSn. The fourth-order valence-electron chi connectivity index (χ4n) is 0. The molecule has 0 aromatic carbocycles. The van der Waals surface area contributed by atoms with Crippen LogP contribution in [0, 0.1) is 0 Å². The first-order valence-electron chi connectivity index (χ1n) is 1.24. The van der Waals surface area contributed by atoms with Crippen molar-refractivity contribution < 1.29 is 4.79 Å². The summed E-state index contributed by atoms with van der Waals surface area (Å²) in [6.07, 6.45) is 0. The Morgan fingerprint density at radius 3 is 2.20 bits per heavy atom. The average Bonchev–Trinajstić information content (AvgIpc) is 1.38. The third-order valence-corrected chi connectivity index (χ3v) is 1.65. The first-order valence-corrected chi connectivity index (χ1v) is 4.10. The molecule has 2 amide bonds. The molecule has 0 aliphatic heterocycles. The van der Waals surface area contributed by atoms with Crippen molar-refractivity contribution in [3.8, 4) is 0 Å². The number of primary amides is 1. The monoisotopic (exact) mass is 182 g/mol. The molecule has 0 aliphatic rings. The zero-order chi connectivity index (χ0) is 4.28. The second-order valence-corrected chi connectivity index (χ2v) is 2.04. The van der Waals surface area contributed by atoms with Crippen LogP contribution in [0.2, 0.25) is 0 Å². The van der Waals surface area contributed by atoms with Crippen LogP contribution in [0.4, 0.5) is 4.79 Å². The molecule has 0 aromatic heterocycles. The van der Waals surface area contributed by atoms with E-state index in [-0.39, 0.29) is 22.8 Å². The minimum atomic E-state index is -0.402. The van der Waals surface area contributed by atoms with Gasteiger partial charge in [-0.05, 0) is 0 Å². The zero-order valence-corrected chi connectivity index (χ0v) is 8.69. The summed E-state index contributed by atoms with van der Waals surface area (Å²) in [6, 6.07) is -0.402. The first kappa shape index (κ1) is 5.07. The maximum atomic E-state index is 9.53. The van der Waals surface area contributed by atoms with Crippen molar-refractivity contribution in [1.29, 1.82) is 0 Å². The van der Waals surface area contributed by atoms with E-state index in [2.05, 4.69) is 9.27 Å².